The molecule has 1 fully saturated rings. The maximum atomic E-state index is 10.4. The zero-order chi connectivity index (χ0) is 13.8. The number of aromatic hydroxyl groups is 1. The standard InChI is InChI=1S/C15H23BrN2O/c1-3-4-14(18-7-5-17-6-8-18)13-10-12(16)9-11(2)15(13)19/h9-10,14,17,19H,3-8H2,1-2H3/t14-/m0/s1. The minimum atomic E-state index is 0.322. The summed E-state index contributed by atoms with van der Waals surface area (Å²) in [5.74, 6) is 0.459. The summed E-state index contributed by atoms with van der Waals surface area (Å²) >= 11 is 3.55. The van der Waals surface area contributed by atoms with Gasteiger partial charge >= 0.3 is 0 Å². The van der Waals surface area contributed by atoms with Crippen molar-refractivity contribution in [3.8, 4) is 5.75 Å². The summed E-state index contributed by atoms with van der Waals surface area (Å²) in [6, 6.07) is 4.37. The summed E-state index contributed by atoms with van der Waals surface area (Å²) < 4.78 is 1.05. The maximum absolute atomic E-state index is 10.4. The van der Waals surface area contributed by atoms with Crippen LogP contribution >= 0.6 is 15.9 Å². The zero-order valence-electron chi connectivity index (χ0n) is 11.7. The van der Waals surface area contributed by atoms with Gasteiger partial charge in [-0.05, 0) is 31.0 Å². The van der Waals surface area contributed by atoms with Crippen LogP contribution in [0.15, 0.2) is 16.6 Å². The average molecular weight is 327 g/mol. The van der Waals surface area contributed by atoms with E-state index in [4.69, 9.17) is 0 Å². The van der Waals surface area contributed by atoms with Crippen molar-refractivity contribution in [3.63, 3.8) is 0 Å². The molecule has 0 aliphatic carbocycles. The SMILES string of the molecule is CCC[C@@H](c1cc(Br)cc(C)c1O)N1CCNCC1. The normalized spacial score (nSPS) is 18.5. The predicted octanol–water partition coefficient (Wildman–Crippen LogP) is 3.21. The van der Waals surface area contributed by atoms with Crippen LogP contribution in [0, 0.1) is 6.92 Å². The van der Waals surface area contributed by atoms with Crippen molar-refractivity contribution in [2.75, 3.05) is 26.2 Å². The van der Waals surface area contributed by atoms with Crippen molar-refractivity contribution in [2.24, 2.45) is 0 Å². The third-order valence-corrected chi connectivity index (χ3v) is 4.27. The average Bonchev–Trinajstić information content (AvgIpc) is 2.41. The van der Waals surface area contributed by atoms with E-state index in [1.807, 2.05) is 13.0 Å². The largest absolute Gasteiger partial charge is 0.507 e. The van der Waals surface area contributed by atoms with Crippen molar-refractivity contribution in [3.05, 3.63) is 27.7 Å². The first kappa shape index (κ1) is 14.8. The van der Waals surface area contributed by atoms with Crippen LogP contribution in [-0.2, 0) is 0 Å². The van der Waals surface area contributed by atoms with Gasteiger partial charge in [-0.1, -0.05) is 29.3 Å². The Labute approximate surface area is 124 Å². The molecular formula is C15H23BrN2O. The first-order valence-corrected chi connectivity index (χ1v) is 7.86. The summed E-state index contributed by atoms with van der Waals surface area (Å²) in [5.41, 5.74) is 2.01. The van der Waals surface area contributed by atoms with Crippen molar-refractivity contribution >= 4 is 15.9 Å². The third-order valence-electron chi connectivity index (χ3n) is 3.81. The van der Waals surface area contributed by atoms with Crippen LogP contribution < -0.4 is 5.32 Å². The summed E-state index contributed by atoms with van der Waals surface area (Å²) in [4.78, 5) is 2.49. The zero-order valence-corrected chi connectivity index (χ0v) is 13.3. The molecule has 2 rings (SSSR count). The van der Waals surface area contributed by atoms with Gasteiger partial charge in [0.2, 0.25) is 0 Å². The number of halogens is 1. The Morgan fingerprint density at radius 3 is 2.68 bits per heavy atom. The molecule has 0 aromatic heterocycles. The molecule has 19 heavy (non-hydrogen) atoms. The molecule has 0 bridgehead atoms. The number of nitrogens with zero attached hydrogens (tertiary/aromatic N) is 1. The molecule has 0 unspecified atom stereocenters. The Bertz CT molecular complexity index is 430. The molecule has 106 valence electrons. The Hall–Kier alpha value is -0.580. The van der Waals surface area contributed by atoms with E-state index in [2.05, 4.69) is 39.1 Å². The number of phenolic OH excluding ortho intramolecular Hbond substituents is 1. The number of rotatable bonds is 4. The second-order valence-electron chi connectivity index (χ2n) is 5.25. The van der Waals surface area contributed by atoms with Gasteiger partial charge in [-0.2, -0.15) is 0 Å². The molecular weight excluding hydrogens is 304 g/mol. The van der Waals surface area contributed by atoms with E-state index in [0.29, 0.717) is 11.8 Å². The molecule has 0 amide bonds. The smallest absolute Gasteiger partial charge is 0.123 e. The van der Waals surface area contributed by atoms with E-state index < -0.39 is 0 Å². The van der Waals surface area contributed by atoms with E-state index in [1.54, 1.807) is 0 Å². The maximum Gasteiger partial charge on any atom is 0.123 e. The van der Waals surface area contributed by atoms with E-state index in [9.17, 15) is 5.11 Å². The van der Waals surface area contributed by atoms with Crippen molar-refractivity contribution in [1.29, 1.82) is 0 Å². The Kier molecular flexibility index (Phi) is 5.25. The van der Waals surface area contributed by atoms with Crippen LogP contribution in [0.5, 0.6) is 5.75 Å². The van der Waals surface area contributed by atoms with E-state index in [-0.39, 0.29) is 0 Å². The van der Waals surface area contributed by atoms with Gasteiger partial charge in [0.1, 0.15) is 5.75 Å². The predicted molar refractivity (Wildman–Crippen MR) is 82.6 cm³/mol. The number of hydrogen-bond acceptors (Lipinski definition) is 3. The first-order valence-electron chi connectivity index (χ1n) is 7.07. The number of aryl methyl sites for hydroxylation is 1. The van der Waals surface area contributed by atoms with Crippen LogP contribution in [-0.4, -0.2) is 36.2 Å². The summed E-state index contributed by atoms with van der Waals surface area (Å²) in [6.45, 7) is 8.34. The lowest BCUT2D eigenvalue weighted by atomic mass is 9.97. The van der Waals surface area contributed by atoms with Crippen molar-refractivity contribution < 1.29 is 5.11 Å². The molecule has 4 heteroatoms. The highest BCUT2D eigenvalue weighted by molar-refractivity contribution is 9.10. The molecule has 1 aromatic carbocycles. The highest BCUT2D eigenvalue weighted by Crippen LogP contribution is 2.36. The van der Waals surface area contributed by atoms with Crippen LogP contribution in [0.4, 0.5) is 0 Å². The lowest BCUT2D eigenvalue weighted by Gasteiger charge is -2.35. The van der Waals surface area contributed by atoms with Crippen LogP contribution in [0.1, 0.15) is 36.9 Å². The number of nitrogens with one attached hydrogen (secondary N) is 1. The molecule has 0 saturated carbocycles. The number of benzene rings is 1. The minimum absolute atomic E-state index is 0.322. The molecule has 1 heterocycles. The summed E-state index contributed by atoms with van der Waals surface area (Å²) in [5, 5.41) is 13.8. The molecule has 1 saturated heterocycles. The Morgan fingerprint density at radius 1 is 1.37 bits per heavy atom. The molecule has 1 aliphatic heterocycles. The molecule has 3 nitrogen and oxygen atoms in total. The fraction of sp³-hybridized carbons (Fsp3) is 0.600. The van der Waals surface area contributed by atoms with Gasteiger partial charge in [0, 0.05) is 42.3 Å². The Balaban J connectivity index is 2.32. The van der Waals surface area contributed by atoms with Gasteiger partial charge in [0.05, 0.1) is 0 Å². The van der Waals surface area contributed by atoms with E-state index in [0.717, 1.165) is 54.6 Å². The molecule has 1 aromatic rings. The lowest BCUT2D eigenvalue weighted by Crippen LogP contribution is -2.45. The van der Waals surface area contributed by atoms with Gasteiger partial charge < -0.3 is 10.4 Å². The van der Waals surface area contributed by atoms with E-state index in [1.165, 1.54) is 0 Å². The highest BCUT2D eigenvalue weighted by atomic mass is 79.9. The van der Waals surface area contributed by atoms with Gasteiger partial charge in [0.25, 0.3) is 0 Å². The summed E-state index contributed by atoms with van der Waals surface area (Å²) in [6.07, 6.45) is 2.21. The lowest BCUT2D eigenvalue weighted by molar-refractivity contribution is 0.162. The quantitative estimate of drug-likeness (QED) is 0.891. The van der Waals surface area contributed by atoms with E-state index >= 15 is 0 Å². The molecule has 1 aliphatic rings. The second-order valence-corrected chi connectivity index (χ2v) is 6.17. The second kappa shape index (κ2) is 6.73. The van der Waals surface area contributed by atoms with Gasteiger partial charge in [-0.25, -0.2) is 0 Å². The van der Waals surface area contributed by atoms with Crippen molar-refractivity contribution in [2.45, 2.75) is 32.7 Å². The third kappa shape index (κ3) is 3.50. The summed E-state index contributed by atoms with van der Waals surface area (Å²) in [7, 11) is 0. The number of hydrogen-bond donors (Lipinski definition) is 2. The molecule has 2 N–H and O–H groups in total. The van der Waals surface area contributed by atoms with Crippen LogP contribution in [0.25, 0.3) is 0 Å². The fourth-order valence-corrected chi connectivity index (χ4v) is 3.41. The van der Waals surface area contributed by atoms with Gasteiger partial charge in [-0.3, -0.25) is 4.90 Å². The highest BCUT2D eigenvalue weighted by Gasteiger charge is 2.24. The topological polar surface area (TPSA) is 35.5 Å². The molecule has 1 atom stereocenters. The van der Waals surface area contributed by atoms with Gasteiger partial charge in [-0.15, -0.1) is 0 Å². The van der Waals surface area contributed by atoms with Crippen LogP contribution in [0.2, 0.25) is 0 Å². The first-order chi connectivity index (χ1) is 9.13. The molecule has 0 radical (unpaired) electrons. The Morgan fingerprint density at radius 2 is 2.05 bits per heavy atom. The van der Waals surface area contributed by atoms with Crippen molar-refractivity contribution in [1.82, 2.24) is 10.2 Å². The number of phenols is 1. The van der Waals surface area contributed by atoms with Gasteiger partial charge in [0.15, 0.2) is 0 Å². The monoisotopic (exact) mass is 326 g/mol. The van der Waals surface area contributed by atoms with Crippen LogP contribution in [0.3, 0.4) is 0 Å². The minimum Gasteiger partial charge on any atom is -0.507 e. The fourth-order valence-electron chi connectivity index (χ4n) is 2.82. The number of piperazine rings is 1. The molecule has 0 spiro atoms.